The average molecular weight is 545 g/mol. The maximum Gasteiger partial charge on any atom is 0.328 e. The molecular formula is C32H56N4O3. The van der Waals surface area contributed by atoms with Crippen LogP contribution in [0.1, 0.15) is 118 Å². The predicted molar refractivity (Wildman–Crippen MR) is 157 cm³/mol. The van der Waals surface area contributed by atoms with Gasteiger partial charge in [0.1, 0.15) is 6.04 Å². The summed E-state index contributed by atoms with van der Waals surface area (Å²) in [4.78, 5) is 29.4. The van der Waals surface area contributed by atoms with Gasteiger partial charge in [0.25, 0.3) is 0 Å². The molecule has 0 aliphatic heterocycles. The Kier molecular flexibility index (Phi) is 9.91. The summed E-state index contributed by atoms with van der Waals surface area (Å²) in [7, 11) is 0. The van der Waals surface area contributed by atoms with E-state index in [-0.39, 0.29) is 17.8 Å². The number of nitrogens with one attached hydrogen (secondary N) is 1. The summed E-state index contributed by atoms with van der Waals surface area (Å²) in [5.74, 6) is 4.45. The zero-order valence-corrected chi connectivity index (χ0v) is 25.2. The Bertz CT molecular complexity index is 889. The lowest BCUT2D eigenvalue weighted by Crippen LogP contribution is -2.53. The molecule has 39 heavy (non-hydrogen) atoms. The van der Waals surface area contributed by atoms with Gasteiger partial charge in [-0.05, 0) is 124 Å². The van der Waals surface area contributed by atoms with Crippen molar-refractivity contribution in [3.8, 4) is 0 Å². The van der Waals surface area contributed by atoms with E-state index in [2.05, 4.69) is 31.1 Å². The monoisotopic (exact) mass is 544 g/mol. The number of nitrogens with two attached hydrogens (primary N) is 2. The summed E-state index contributed by atoms with van der Waals surface area (Å²) in [6.45, 7) is 10.1. The standard InChI is InChI=1S/C32H56N4O3/c1-5-39-29(38)27(10-8-20-35-30(33)34)36-28(37)16-11-21(2)24-14-15-25-23-13-12-22-9-6-7-18-31(22,3)26(23)17-19-32(24,25)4/h21-27H,5-20H2,1-4H3,(H,36,37)(H4,33,34,35)/t21-,22+,23+,24?,25?,26?,27+,31+,32-/m1/s1. The van der Waals surface area contributed by atoms with Crippen LogP contribution in [0.4, 0.5) is 0 Å². The van der Waals surface area contributed by atoms with E-state index in [4.69, 9.17) is 16.2 Å². The van der Waals surface area contributed by atoms with Crippen molar-refractivity contribution in [1.29, 1.82) is 0 Å². The maximum absolute atomic E-state index is 13.0. The van der Waals surface area contributed by atoms with Crippen LogP contribution < -0.4 is 16.8 Å². The van der Waals surface area contributed by atoms with Gasteiger partial charge in [-0.25, -0.2) is 4.79 Å². The highest BCUT2D eigenvalue weighted by Gasteiger charge is 2.60. The Hall–Kier alpha value is -1.79. The zero-order chi connectivity index (χ0) is 28.2. The van der Waals surface area contributed by atoms with Gasteiger partial charge in [0.05, 0.1) is 6.61 Å². The third-order valence-electron chi connectivity index (χ3n) is 12.0. The van der Waals surface area contributed by atoms with Crippen molar-refractivity contribution in [3.63, 3.8) is 0 Å². The molecule has 4 aliphatic rings. The van der Waals surface area contributed by atoms with E-state index in [0.29, 0.717) is 55.1 Å². The van der Waals surface area contributed by atoms with Crippen molar-refractivity contribution in [2.75, 3.05) is 13.2 Å². The van der Waals surface area contributed by atoms with Crippen LogP contribution in [-0.2, 0) is 14.3 Å². The minimum Gasteiger partial charge on any atom is -0.464 e. The number of guanidine groups is 1. The number of esters is 1. The third kappa shape index (κ3) is 6.43. The van der Waals surface area contributed by atoms with Crippen molar-refractivity contribution >= 4 is 17.8 Å². The molecule has 0 aromatic heterocycles. The molecule has 0 aromatic rings. The number of nitrogens with zero attached hydrogens (tertiary/aromatic N) is 1. The molecule has 222 valence electrons. The molecule has 0 saturated heterocycles. The van der Waals surface area contributed by atoms with Gasteiger partial charge in [-0.15, -0.1) is 0 Å². The molecule has 4 rings (SSSR count). The van der Waals surface area contributed by atoms with E-state index in [9.17, 15) is 9.59 Å². The molecule has 7 heteroatoms. The highest BCUT2D eigenvalue weighted by Crippen LogP contribution is 2.68. The summed E-state index contributed by atoms with van der Waals surface area (Å²) in [5.41, 5.74) is 11.8. The third-order valence-corrected chi connectivity index (χ3v) is 12.0. The minimum atomic E-state index is -0.651. The highest BCUT2D eigenvalue weighted by molar-refractivity contribution is 5.84. The van der Waals surface area contributed by atoms with Gasteiger partial charge in [0.15, 0.2) is 5.96 Å². The number of ether oxygens (including phenoxy) is 1. The first-order valence-corrected chi connectivity index (χ1v) is 16.1. The van der Waals surface area contributed by atoms with Gasteiger partial charge in [0.2, 0.25) is 5.91 Å². The Morgan fingerprint density at radius 1 is 0.974 bits per heavy atom. The Morgan fingerprint density at radius 2 is 1.74 bits per heavy atom. The van der Waals surface area contributed by atoms with E-state index in [1.54, 1.807) is 6.92 Å². The second kappa shape index (κ2) is 12.8. The largest absolute Gasteiger partial charge is 0.464 e. The van der Waals surface area contributed by atoms with Crippen LogP contribution in [0.5, 0.6) is 0 Å². The van der Waals surface area contributed by atoms with E-state index < -0.39 is 6.04 Å². The molecule has 5 N–H and O–H groups in total. The lowest BCUT2D eigenvalue weighted by atomic mass is 9.44. The van der Waals surface area contributed by atoms with Crippen LogP contribution in [0.25, 0.3) is 0 Å². The molecule has 0 bridgehead atoms. The average Bonchev–Trinajstić information content (AvgIpc) is 3.26. The van der Waals surface area contributed by atoms with E-state index in [0.717, 1.165) is 30.1 Å². The van der Waals surface area contributed by atoms with Gasteiger partial charge in [-0.1, -0.05) is 33.6 Å². The fourth-order valence-corrected chi connectivity index (χ4v) is 10.1. The number of hydrogen-bond acceptors (Lipinski definition) is 4. The van der Waals surface area contributed by atoms with Gasteiger partial charge in [-0.2, -0.15) is 0 Å². The van der Waals surface area contributed by atoms with E-state index in [1.807, 2.05) is 0 Å². The van der Waals surface area contributed by atoms with Crippen LogP contribution in [-0.4, -0.2) is 37.0 Å². The molecule has 9 atom stereocenters. The molecule has 0 aromatic carbocycles. The quantitative estimate of drug-likeness (QED) is 0.136. The molecule has 0 radical (unpaired) electrons. The summed E-state index contributed by atoms with van der Waals surface area (Å²) in [6.07, 6.45) is 16.6. The van der Waals surface area contributed by atoms with Crippen LogP contribution in [0.2, 0.25) is 0 Å². The van der Waals surface area contributed by atoms with Crippen molar-refractivity contribution in [1.82, 2.24) is 5.32 Å². The van der Waals surface area contributed by atoms with Crippen molar-refractivity contribution in [2.24, 2.45) is 62.8 Å². The van der Waals surface area contributed by atoms with Crippen LogP contribution in [0.3, 0.4) is 0 Å². The molecule has 4 saturated carbocycles. The molecular weight excluding hydrogens is 488 g/mol. The minimum absolute atomic E-state index is 0.0351. The Labute approximate surface area is 237 Å². The molecule has 1 amide bonds. The van der Waals surface area contributed by atoms with Crippen molar-refractivity contribution in [2.45, 2.75) is 124 Å². The molecule has 0 heterocycles. The first-order chi connectivity index (χ1) is 18.6. The molecule has 4 fully saturated rings. The number of rotatable bonds is 11. The second-order valence-corrected chi connectivity index (χ2v) is 14.0. The van der Waals surface area contributed by atoms with Crippen LogP contribution >= 0.6 is 0 Å². The van der Waals surface area contributed by atoms with Crippen molar-refractivity contribution in [3.05, 3.63) is 0 Å². The number of carbonyl (C=O) groups excluding carboxylic acids is 2. The second-order valence-electron chi connectivity index (χ2n) is 14.0. The number of hydrogen-bond donors (Lipinski definition) is 3. The lowest BCUT2D eigenvalue weighted by molar-refractivity contribution is -0.147. The topological polar surface area (TPSA) is 120 Å². The SMILES string of the molecule is CCOC(=O)[C@H](CCCN=C(N)N)NC(=O)CC[C@@H](C)C1CCC2[C@@H]3CC[C@@H]4CCCC[C@]4(C)C3CC[C@@]21C. The zero-order valence-electron chi connectivity index (χ0n) is 25.2. The van der Waals surface area contributed by atoms with E-state index in [1.165, 1.54) is 64.2 Å². The number of carbonyl (C=O) groups is 2. The van der Waals surface area contributed by atoms with Crippen LogP contribution in [0, 0.1) is 46.3 Å². The first-order valence-electron chi connectivity index (χ1n) is 16.1. The summed E-state index contributed by atoms with van der Waals surface area (Å²) in [6, 6.07) is -0.651. The number of fused-ring (bicyclic) bond motifs is 5. The van der Waals surface area contributed by atoms with E-state index >= 15 is 0 Å². The molecule has 3 unspecified atom stereocenters. The Balaban J connectivity index is 1.31. The Morgan fingerprint density at radius 3 is 2.49 bits per heavy atom. The summed E-state index contributed by atoms with van der Waals surface area (Å²) in [5, 5.41) is 2.94. The van der Waals surface area contributed by atoms with Gasteiger partial charge < -0.3 is 21.5 Å². The number of aliphatic imine (C=N–C) groups is 1. The molecule has 7 nitrogen and oxygen atoms in total. The van der Waals surface area contributed by atoms with Crippen molar-refractivity contribution < 1.29 is 14.3 Å². The predicted octanol–water partition coefficient (Wildman–Crippen LogP) is 5.55. The summed E-state index contributed by atoms with van der Waals surface area (Å²) < 4.78 is 5.21. The molecule has 4 aliphatic carbocycles. The number of amides is 1. The molecule has 0 spiro atoms. The fourth-order valence-electron chi connectivity index (χ4n) is 10.1. The fraction of sp³-hybridized carbons (Fsp3) is 0.906. The van der Waals surface area contributed by atoms with Crippen LogP contribution in [0.15, 0.2) is 4.99 Å². The maximum atomic E-state index is 13.0. The normalized spacial score (nSPS) is 37.0. The highest BCUT2D eigenvalue weighted by atomic mass is 16.5. The van der Waals surface area contributed by atoms with Gasteiger partial charge >= 0.3 is 5.97 Å². The smallest absolute Gasteiger partial charge is 0.328 e. The van der Waals surface area contributed by atoms with Gasteiger partial charge in [0, 0.05) is 13.0 Å². The summed E-state index contributed by atoms with van der Waals surface area (Å²) >= 11 is 0. The van der Waals surface area contributed by atoms with Gasteiger partial charge in [-0.3, -0.25) is 9.79 Å². The lowest BCUT2D eigenvalue weighted by Gasteiger charge is -2.61. The first kappa shape index (κ1) is 30.2.